The Morgan fingerprint density at radius 1 is 1.02 bits per heavy atom. The SMILES string of the molecule is Cc1cccc(Cl)c1NC(=O)C1N([C@@H](CO)Cc2ccccc2)C(=O)[C@@H]2[C@@H](C(=O)Nc3ccccc3)[C@H]3CCC12S3. The van der Waals surface area contributed by atoms with Gasteiger partial charge >= 0.3 is 0 Å². The van der Waals surface area contributed by atoms with Gasteiger partial charge in [-0.25, -0.2) is 0 Å². The summed E-state index contributed by atoms with van der Waals surface area (Å²) in [6.45, 7) is 1.55. The van der Waals surface area contributed by atoms with Gasteiger partial charge in [0.05, 0.1) is 39.9 Å². The summed E-state index contributed by atoms with van der Waals surface area (Å²) >= 11 is 8.07. The van der Waals surface area contributed by atoms with E-state index in [2.05, 4.69) is 10.6 Å². The number of carbonyl (C=O) groups excluding carboxylic acids is 3. The van der Waals surface area contributed by atoms with Crippen molar-refractivity contribution in [3.8, 4) is 0 Å². The van der Waals surface area contributed by atoms with Crippen LogP contribution in [0.2, 0.25) is 5.02 Å². The number of fused-ring (bicyclic) bond motifs is 1. The number of nitrogens with zero attached hydrogens (tertiary/aromatic N) is 1. The van der Waals surface area contributed by atoms with Gasteiger partial charge in [-0.1, -0.05) is 72.3 Å². The van der Waals surface area contributed by atoms with Gasteiger partial charge < -0.3 is 20.6 Å². The highest BCUT2D eigenvalue weighted by molar-refractivity contribution is 8.02. The van der Waals surface area contributed by atoms with Crippen LogP contribution in [0.5, 0.6) is 0 Å². The van der Waals surface area contributed by atoms with E-state index in [0.717, 1.165) is 17.5 Å². The number of hydrogen-bond acceptors (Lipinski definition) is 5. The second kappa shape index (κ2) is 11.2. The summed E-state index contributed by atoms with van der Waals surface area (Å²) in [6, 6.07) is 22.7. The molecule has 3 N–H and O–H groups in total. The molecule has 41 heavy (non-hydrogen) atoms. The molecule has 0 aliphatic carbocycles. The maximum absolute atomic E-state index is 14.4. The van der Waals surface area contributed by atoms with Crippen LogP contribution < -0.4 is 10.6 Å². The molecule has 3 aromatic rings. The molecule has 3 heterocycles. The van der Waals surface area contributed by atoms with E-state index in [1.54, 1.807) is 22.7 Å². The quantitative estimate of drug-likeness (QED) is 0.346. The molecule has 3 amide bonds. The van der Waals surface area contributed by atoms with E-state index in [0.29, 0.717) is 29.2 Å². The number of aliphatic hydroxyl groups excluding tert-OH is 1. The number of aliphatic hydroxyl groups is 1. The average Bonchev–Trinajstić information content (AvgIpc) is 3.62. The van der Waals surface area contributed by atoms with Crippen molar-refractivity contribution in [3.63, 3.8) is 0 Å². The summed E-state index contributed by atoms with van der Waals surface area (Å²) in [5.74, 6) is -2.07. The standard InChI is InChI=1S/C32H32ClN3O4S/c1-19-9-8-14-23(33)27(19)35-30(39)28-32-16-15-24(41-32)25(29(38)34-21-12-6-3-7-13-21)26(32)31(40)36(28)22(18-37)17-20-10-4-2-5-11-20/h2-14,22,24-26,28,37H,15-18H2,1H3,(H,34,38)(H,35,39)/t22-,24-,25+,26+,28?,32?/m1/s1. The first-order valence-corrected chi connectivity index (χ1v) is 15.2. The van der Waals surface area contributed by atoms with E-state index in [1.165, 1.54) is 0 Å². The molecule has 0 saturated carbocycles. The molecule has 3 saturated heterocycles. The number of carbonyl (C=O) groups is 3. The Morgan fingerprint density at radius 2 is 1.73 bits per heavy atom. The van der Waals surface area contributed by atoms with Crippen molar-refractivity contribution < 1.29 is 19.5 Å². The van der Waals surface area contributed by atoms with E-state index < -0.39 is 28.7 Å². The highest BCUT2D eigenvalue weighted by Gasteiger charge is 2.74. The van der Waals surface area contributed by atoms with E-state index in [1.807, 2.05) is 79.7 Å². The summed E-state index contributed by atoms with van der Waals surface area (Å²) in [5, 5.41) is 17.0. The third-order valence-corrected chi connectivity index (χ3v) is 11.0. The highest BCUT2D eigenvalue weighted by atomic mass is 35.5. The van der Waals surface area contributed by atoms with Crippen LogP contribution in [-0.2, 0) is 20.8 Å². The van der Waals surface area contributed by atoms with Crippen LogP contribution in [0, 0.1) is 18.8 Å². The molecule has 6 rings (SSSR count). The summed E-state index contributed by atoms with van der Waals surface area (Å²) in [7, 11) is 0. The zero-order chi connectivity index (χ0) is 28.7. The molecule has 3 fully saturated rings. The van der Waals surface area contributed by atoms with Crippen LogP contribution in [0.25, 0.3) is 0 Å². The van der Waals surface area contributed by atoms with E-state index in [4.69, 9.17) is 11.6 Å². The molecule has 7 nitrogen and oxygen atoms in total. The lowest BCUT2D eigenvalue weighted by Crippen LogP contribution is -2.55. The average molecular weight is 590 g/mol. The number of likely N-dealkylation sites (tertiary alicyclic amines) is 1. The molecule has 3 aliphatic rings. The minimum Gasteiger partial charge on any atom is -0.394 e. The third kappa shape index (κ3) is 4.82. The molecule has 6 atom stereocenters. The van der Waals surface area contributed by atoms with Crippen LogP contribution >= 0.6 is 23.4 Å². The molecular formula is C32H32ClN3O4S. The Kier molecular flexibility index (Phi) is 7.57. The normalized spacial score (nSPS) is 27.0. The third-order valence-electron chi connectivity index (χ3n) is 8.72. The Balaban J connectivity index is 1.39. The Hall–Kier alpha value is -3.33. The minimum atomic E-state index is -0.874. The number of halogens is 1. The lowest BCUT2D eigenvalue weighted by Gasteiger charge is -2.37. The largest absolute Gasteiger partial charge is 0.394 e. The van der Waals surface area contributed by atoms with Gasteiger partial charge in [0.2, 0.25) is 17.7 Å². The van der Waals surface area contributed by atoms with Crippen molar-refractivity contribution >= 4 is 52.5 Å². The summed E-state index contributed by atoms with van der Waals surface area (Å²) in [6.07, 6.45) is 1.75. The number of para-hydroxylation sites is 2. The Bertz CT molecular complexity index is 1450. The van der Waals surface area contributed by atoms with Crippen molar-refractivity contribution in [1.82, 2.24) is 4.90 Å². The number of nitrogens with one attached hydrogen (secondary N) is 2. The predicted octanol–water partition coefficient (Wildman–Crippen LogP) is 4.92. The van der Waals surface area contributed by atoms with Crippen molar-refractivity contribution in [2.45, 2.75) is 48.3 Å². The number of aryl methyl sites for hydroxylation is 1. The number of rotatable bonds is 8. The van der Waals surface area contributed by atoms with Gasteiger partial charge in [-0.3, -0.25) is 14.4 Å². The zero-order valence-electron chi connectivity index (χ0n) is 22.6. The summed E-state index contributed by atoms with van der Waals surface area (Å²) in [4.78, 5) is 44.0. The lowest BCUT2D eigenvalue weighted by molar-refractivity contribution is -0.141. The van der Waals surface area contributed by atoms with Crippen LogP contribution in [0.4, 0.5) is 11.4 Å². The topological polar surface area (TPSA) is 98.7 Å². The lowest BCUT2D eigenvalue weighted by atomic mass is 9.70. The van der Waals surface area contributed by atoms with E-state index in [-0.39, 0.29) is 29.6 Å². The van der Waals surface area contributed by atoms with Gasteiger partial charge in [0.15, 0.2) is 0 Å². The Morgan fingerprint density at radius 3 is 2.41 bits per heavy atom. The molecule has 2 unspecified atom stereocenters. The molecule has 1 spiro atoms. The highest BCUT2D eigenvalue weighted by Crippen LogP contribution is 2.66. The van der Waals surface area contributed by atoms with Crippen LogP contribution in [0.1, 0.15) is 24.0 Å². The number of hydrogen-bond donors (Lipinski definition) is 3. The zero-order valence-corrected chi connectivity index (χ0v) is 24.2. The fourth-order valence-electron chi connectivity index (χ4n) is 6.95. The molecule has 2 bridgehead atoms. The minimum absolute atomic E-state index is 0.0751. The molecule has 3 aromatic carbocycles. The van der Waals surface area contributed by atoms with Crippen LogP contribution in [-0.4, -0.2) is 56.4 Å². The van der Waals surface area contributed by atoms with Gasteiger partial charge in [-0.2, -0.15) is 0 Å². The van der Waals surface area contributed by atoms with Gasteiger partial charge in [0, 0.05) is 10.9 Å². The van der Waals surface area contributed by atoms with Crippen LogP contribution in [0.3, 0.4) is 0 Å². The number of anilines is 2. The molecule has 212 valence electrons. The summed E-state index contributed by atoms with van der Waals surface area (Å²) < 4.78 is -0.788. The molecule has 9 heteroatoms. The van der Waals surface area contributed by atoms with Gasteiger partial charge in [0.25, 0.3) is 0 Å². The van der Waals surface area contributed by atoms with Gasteiger partial charge in [-0.05, 0) is 55.5 Å². The maximum Gasteiger partial charge on any atom is 0.248 e. The van der Waals surface area contributed by atoms with Crippen molar-refractivity contribution in [3.05, 3.63) is 95.0 Å². The molecule has 3 aliphatic heterocycles. The predicted molar refractivity (Wildman–Crippen MR) is 162 cm³/mol. The second-order valence-electron chi connectivity index (χ2n) is 11.1. The monoisotopic (exact) mass is 589 g/mol. The Labute approximate surface area is 248 Å². The van der Waals surface area contributed by atoms with Crippen LogP contribution in [0.15, 0.2) is 78.9 Å². The number of benzene rings is 3. The van der Waals surface area contributed by atoms with Gasteiger partial charge in [0.1, 0.15) is 6.04 Å². The van der Waals surface area contributed by atoms with E-state index in [9.17, 15) is 19.5 Å². The molecule has 0 aromatic heterocycles. The van der Waals surface area contributed by atoms with Crippen molar-refractivity contribution in [2.24, 2.45) is 11.8 Å². The maximum atomic E-state index is 14.4. The van der Waals surface area contributed by atoms with E-state index >= 15 is 0 Å². The first kappa shape index (κ1) is 27.8. The van der Waals surface area contributed by atoms with Crippen molar-refractivity contribution in [1.29, 1.82) is 0 Å². The van der Waals surface area contributed by atoms with Gasteiger partial charge in [-0.15, -0.1) is 11.8 Å². The first-order valence-electron chi connectivity index (χ1n) is 13.9. The first-order chi connectivity index (χ1) is 19.8. The number of thioether (sulfide) groups is 1. The smallest absolute Gasteiger partial charge is 0.248 e. The van der Waals surface area contributed by atoms with Crippen molar-refractivity contribution in [2.75, 3.05) is 17.2 Å². The summed E-state index contributed by atoms with van der Waals surface area (Å²) in [5.41, 5.74) is 2.93. The fourth-order valence-corrected chi connectivity index (χ4v) is 9.43. The fraction of sp³-hybridized carbons (Fsp3) is 0.344. The molecule has 0 radical (unpaired) electrons. The molecular weight excluding hydrogens is 558 g/mol. The second-order valence-corrected chi connectivity index (χ2v) is 13.1. The number of amides is 3.